The number of aromatic nitrogens is 4. The fourth-order valence-electron chi connectivity index (χ4n) is 6.31. The van der Waals surface area contributed by atoms with Crippen LogP contribution < -0.4 is 10.1 Å². The van der Waals surface area contributed by atoms with Crippen molar-refractivity contribution >= 4 is 43.3 Å². The number of benzene rings is 2. The van der Waals surface area contributed by atoms with Gasteiger partial charge in [-0.2, -0.15) is 13.2 Å². The van der Waals surface area contributed by atoms with Crippen molar-refractivity contribution in [2.24, 2.45) is 0 Å². The fraction of sp³-hybridized carbons (Fsp3) is 0.488. The Morgan fingerprint density at radius 3 is 2.38 bits per heavy atom. The Kier molecular flexibility index (Phi) is 11.7. The first-order chi connectivity index (χ1) is 26.9. The third-order valence-corrected chi connectivity index (χ3v) is 14.6. The number of nitrogens with one attached hydrogen (secondary N) is 1. The van der Waals surface area contributed by atoms with Crippen molar-refractivity contribution in [3.63, 3.8) is 0 Å². The molecule has 58 heavy (non-hydrogen) atoms. The molecule has 0 radical (unpaired) electrons. The average Bonchev–Trinajstić information content (AvgIpc) is 3.78. The van der Waals surface area contributed by atoms with Gasteiger partial charge in [-0.25, -0.2) is 19.7 Å². The largest absolute Gasteiger partial charge is 0.491 e. The van der Waals surface area contributed by atoms with Crippen molar-refractivity contribution in [3.05, 3.63) is 83.4 Å². The number of rotatable bonds is 11. The van der Waals surface area contributed by atoms with E-state index in [1.807, 2.05) is 12.1 Å². The van der Waals surface area contributed by atoms with E-state index < -0.39 is 62.1 Å². The molecule has 0 bridgehead atoms. The molecule has 6 rings (SSSR count). The van der Waals surface area contributed by atoms with Gasteiger partial charge in [0, 0.05) is 5.56 Å². The molecule has 1 amide bonds. The highest BCUT2D eigenvalue weighted by molar-refractivity contribution is 6.74. The zero-order chi connectivity index (χ0) is 42.4. The lowest BCUT2D eigenvalue weighted by molar-refractivity contribution is -0.198. The topological polar surface area (TPSA) is 145 Å². The molecule has 2 aromatic carbocycles. The predicted octanol–water partition coefficient (Wildman–Crippen LogP) is 9.11. The zero-order valence-electron chi connectivity index (χ0n) is 34.3. The highest BCUT2D eigenvalue weighted by Crippen LogP contribution is 2.44. The Labute approximate surface area is 336 Å². The summed E-state index contributed by atoms with van der Waals surface area (Å²) < 4.78 is 80.7. The molecule has 2 fully saturated rings. The van der Waals surface area contributed by atoms with Crippen LogP contribution >= 0.6 is 0 Å². The third kappa shape index (κ3) is 9.77. The molecule has 2 aromatic heterocycles. The summed E-state index contributed by atoms with van der Waals surface area (Å²) >= 11 is 0. The molecule has 0 unspecified atom stereocenters. The number of nitrogens with zero attached hydrogens (tertiary/aromatic N) is 4. The van der Waals surface area contributed by atoms with Crippen molar-refractivity contribution in [1.82, 2.24) is 19.5 Å². The van der Waals surface area contributed by atoms with E-state index in [1.165, 1.54) is 30.9 Å². The minimum atomic E-state index is -4.70. The lowest BCUT2D eigenvalue weighted by Gasteiger charge is -2.36. The molecule has 1 N–H and O–H groups in total. The van der Waals surface area contributed by atoms with Gasteiger partial charge in [0.1, 0.15) is 42.6 Å². The van der Waals surface area contributed by atoms with Crippen LogP contribution in [0.1, 0.15) is 88.7 Å². The van der Waals surface area contributed by atoms with Gasteiger partial charge in [0.25, 0.3) is 0 Å². The van der Waals surface area contributed by atoms with E-state index in [-0.39, 0.29) is 46.7 Å². The zero-order valence-corrected chi connectivity index (χ0v) is 35.3. The molecule has 2 saturated heterocycles. The van der Waals surface area contributed by atoms with Crippen LogP contribution in [0.5, 0.6) is 5.75 Å². The Hall–Kier alpha value is -4.68. The second-order valence-corrected chi connectivity index (χ2v) is 22.1. The normalized spacial score (nSPS) is 21.1. The van der Waals surface area contributed by atoms with Gasteiger partial charge in [-0.1, -0.05) is 51.1 Å². The SMILES string of the molecule is CC(C)(C)OC(=O)Nc1ncnc2c1ncn2[C@@H]1O[C@H](COc2cc(/C=C/C(=O)c3ccccc3CO[Si](C)(C)C(C)(C)C)cc(C(F)(F)F)c2)[C@H]2OC(C)(C)O[C@H]21. The molecule has 4 atom stereocenters. The molecule has 2 aliphatic rings. The Morgan fingerprint density at radius 2 is 1.69 bits per heavy atom. The van der Waals surface area contributed by atoms with E-state index in [2.05, 4.69) is 54.1 Å². The lowest BCUT2D eigenvalue weighted by Crippen LogP contribution is -2.40. The highest BCUT2D eigenvalue weighted by atomic mass is 28.4. The Morgan fingerprint density at radius 1 is 0.983 bits per heavy atom. The van der Waals surface area contributed by atoms with E-state index in [0.717, 1.165) is 12.1 Å². The number of amides is 1. The molecule has 2 aliphatic heterocycles. The smallest absolute Gasteiger partial charge is 0.416 e. The van der Waals surface area contributed by atoms with Crippen molar-refractivity contribution < 1.29 is 50.9 Å². The van der Waals surface area contributed by atoms with Crippen LogP contribution in [0.2, 0.25) is 18.1 Å². The summed E-state index contributed by atoms with van der Waals surface area (Å²) in [6, 6.07) is 10.3. The van der Waals surface area contributed by atoms with Crippen LogP contribution in [0.3, 0.4) is 0 Å². The molecular formula is C41H50F3N5O8Si. The molecule has 4 aromatic rings. The number of halogens is 3. The molecule has 13 nitrogen and oxygen atoms in total. The minimum absolute atomic E-state index is 0.0325. The van der Waals surface area contributed by atoms with Crippen molar-refractivity contribution in [2.75, 3.05) is 11.9 Å². The maximum absolute atomic E-state index is 14.2. The second kappa shape index (κ2) is 15.8. The number of ketones is 1. The minimum Gasteiger partial charge on any atom is -0.491 e. The van der Waals surface area contributed by atoms with Gasteiger partial charge in [-0.05, 0) is 88.2 Å². The first-order valence-corrected chi connectivity index (χ1v) is 21.8. The Bertz CT molecular complexity index is 2190. The maximum atomic E-state index is 14.2. The number of carbonyl (C=O) groups excluding carboxylic acids is 2. The molecule has 0 spiro atoms. The summed E-state index contributed by atoms with van der Waals surface area (Å²) in [5.74, 6) is -1.38. The fourth-order valence-corrected chi connectivity index (χ4v) is 7.26. The number of carbonyl (C=O) groups is 2. The van der Waals surface area contributed by atoms with Crippen molar-refractivity contribution in [3.8, 4) is 5.75 Å². The number of alkyl halides is 3. The molecule has 0 aliphatic carbocycles. The monoisotopic (exact) mass is 825 g/mol. The van der Waals surface area contributed by atoms with Gasteiger partial charge >= 0.3 is 12.3 Å². The van der Waals surface area contributed by atoms with Gasteiger partial charge in [-0.15, -0.1) is 0 Å². The molecule has 312 valence electrons. The number of hydrogen-bond acceptors (Lipinski definition) is 11. The summed E-state index contributed by atoms with van der Waals surface area (Å²) in [5.41, 5.74) is 0.0803. The molecule has 17 heteroatoms. The number of ether oxygens (including phenoxy) is 5. The number of anilines is 1. The van der Waals surface area contributed by atoms with Gasteiger partial charge in [0.2, 0.25) is 0 Å². The van der Waals surface area contributed by atoms with E-state index >= 15 is 0 Å². The van der Waals surface area contributed by atoms with Crippen LogP contribution in [0.25, 0.3) is 17.2 Å². The van der Waals surface area contributed by atoms with Crippen LogP contribution in [-0.4, -0.2) is 76.0 Å². The van der Waals surface area contributed by atoms with E-state index in [0.29, 0.717) is 16.8 Å². The summed E-state index contributed by atoms with van der Waals surface area (Å²) in [6.45, 7) is 19.3. The summed E-state index contributed by atoms with van der Waals surface area (Å²) in [6.07, 6.45) is -3.17. The van der Waals surface area contributed by atoms with Crippen LogP contribution in [0, 0.1) is 0 Å². The lowest BCUT2D eigenvalue weighted by atomic mass is 10.0. The van der Waals surface area contributed by atoms with Crippen LogP contribution in [0.4, 0.5) is 23.8 Å². The van der Waals surface area contributed by atoms with E-state index in [9.17, 15) is 22.8 Å². The average molecular weight is 826 g/mol. The van der Waals surface area contributed by atoms with Gasteiger partial charge < -0.3 is 28.1 Å². The number of fused-ring (bicyclic) bond motifs is 2. The quantitative estimate of drug-likeness (QED) is 0.0878. The van der Waals surface area contributed by atoms with Crippen LogP contribution in [-0.2, 0) is 36.2 Å². The number of hydrogen-bond donors (Lipinski definition) is 1. The number of allylic oxidation sites excluding steroid dienone is 1. The first kappa shape index (κ1) is 42.9. The summed E-state index contributed by atoms with van der Waals surface area (Å²) in [7, 11) is -2.12. The maximum Gasteiger partial charge on any atom is 0.416 e. The molecule has 4 heterocycles. The standard InChI is InChI=1S/C41H50F3N5O8Si/c1-38(2,3)57-37(51)48-34-31-35(46-22-45-34)49(23-47-31)36-33-32(55-40(7,8)56-33)30(54-36)21-52-27-18-24(17-26(19-27)41(42,43)44)15-16-29(50)28-14-12-11-13-25(28)20-53-58(9,10)39(4,5)6/h11-19,22-23,30,32-33,36H,20-21H2,1-10H3,(H,45,46,48,51)/b16-15+/t30-,32-,33-,36-/m1/s1. The van der Waals surface area contributed by atoms with Gasteiger partial charge in [0.15, 0.2) is 43.1 Å². The van der Waals surface area contributed by atoms with Gasteiger partial charge in [-0.3, -0.25) is 14.7 Å². The Balaban J connectivity index is 1.21. The van der Waals surface area contributed by atoms with Gasteiger partial charge in [0.05, 0.1) is 18.5 Å². The summed E-state index contributed by atoms with van der Waals surface area (Å²) in [4.78, 5) is 38.9. The summed E-state index contributed by atoms with van der Waals surface area (Å²) in [5, 5.41) is 2.57. The van der Waals surface area contributed by atoms with E-state index in [4.69, 9.17) is 28.1 Å². The van der Waals surface area contributed by atoms with E-state index in [1.54, 1.807) is 51.3 Å². The predicted molar refractivity (Wildman–Crippen MR) is 212 cm³/mol. The first-order valence-electron chi connectivity index (χ1n) is 18.9. The van der Waals surface area contributed by atoms with Crippen LogP contribution in [0.15, 0.2) is 61.2 Å². The number of imidazole rings is 1. The molecule has 0 saturated carbocycles. The van der Waals surface area contributed by atoms with Crippen molar-refractivity contribution in [2.45, 2.75) is 122 Å². The molecular weight excluding hydrogens is 776 g/mol. The highest BCUT2D eigenvalue weighted by Gasteiger charge is 2.56. The second-order valence-electron chi connectivity index (χ2n) is 17.3. The third-order valence-electron chi connectivity index (χ3n) is 10.2. The van der Waals surface area contributed by atoms with Crippen molar-refractivity contribution in [1.29, 1.82) is 0 Å².